The van der Waals surface area contributed by atoms with Crippen molar-refractivity contribution in [3.8, 4) is 0 Å². The summed E-state index contributed by atoms with van der Waals surface area (Å²) in [5.74, 6) is -0.287. The van der Waals surface area contributed by atoms with Crippen molar-refractivity contribution in [1.29, 1.82) is 0 Å². The van der Waals surface area contributed by atoms with Crippen LogP contribution >= 0.6 is 11.6 Å². The molecule has 0 atom stereocenters. The average Bonchev–Trinajstić information content (AvgIpc) is 2.80. The topological polar surface area (TPSA) is 90.0 Å². The van der Waals surface area contributed by atoms with E-state index in [9.17, 15) is 18.0 Å². The molecule has 8 nitrogen and oxygen atoms in total. The smallest absolute Gasteiger partial charge is 0.253 e. The number of sulfonamides is 1. The molecule has 0 spiro atoms. The van der Waals surface area contributed by atoms with Crippen LogP contribution in [0.1, 0.15) is 24.2 Å². The minimum absolute atomic E-state index is 0.0749. The molecule has 1 saturated heterocycles. The molecule has 0 bridgehead atoms. The molecule has 0 aromatic heterocycles. The minimum Gasteiger partial charge on any atom is -0.339 e. The number of rotatable bonds is 8. The van der Waals surface area contributed by atoms with Crippen LogP contribution in [-0.2, 0) is 14.8 Å². The molecular weight excluding hydrogens is 464 g/mol. The average molecular weight is 493 g/mol. The summed E-state index contributed by atoms with van der Waals surface area (Å²) in [4.78, 5) is 28.9. The van der Waals surface area contributed by atoms with E-state index in [0.717, 1.165) is 0 Å². The molecule has 0 saturated carbocycles. The Bertz CT molecular complexity index is 1080. The van der Waals surface area contributed by atoms with E-state index >= 15 is 0 Å². The molecule has 1 N–H and O–H groups in total. The van der Waals surface area contributed by atoms with E-state index < -0.39 is 10.0 Å². The quantitative estimate of drug-likeness (QED) is 0.612. The van der Waals surface area contributed by atoms with Gasteiger partial charge in [-0.15, -0.1) is 0 Å². The standard InChI is InChI=1S/C23H29ClN4O4S/c1-3-27(4-2)23(30)18-6-5-7-20(16-18)25-22(29)17-26-12-14-28(15-13-26)33(31,32)21-10-8-19(24)9-11-21/h5-11,16H,3-4,12-15,17H2,1-2H3,(H,25,29). The SMILES string of the molecule is CCN(CC)C(=O)c1cccc(NC(=O)CN2CCN(S(=O)(=O)c3ccc(Cl)cc3)CC2)c1. The molecule has 1 heterocycles. The first-order chi connectivity index (χ1) is 15.7. The Morgan fingerprint density at radius 2 is 1.64 bits per heavy atom. The molecule has 2 aromatic rings. The highest BCUT2D eigenvalue weighted by Crippen LogP contribution is 2.20. The highest BCUT2D eigenvalue weighted by Gasteiger charge is 2.29. The summed E-state index contributed by atoms with van der Waals surface area (Å²) in [6.45, 7) is 6.71. The number of hydrogen-bond donors (Lipinski definition) is 1. The summed E-state index contributed by atoms with van der Waals surface area (Å²) in [7, 11) is -3.59. The van der Waals surface area contributed by atoms with Crippen LogP contribution in [0, 0.1) is 0 Å². The third kappa shape index (κ3) is 6.32. The molecule has 0 unspecified atom stereocenters. The fraction of sp³-hybridized carbons (Fsp3) is 0.391. The maximum absolute atomic E-state index is 12.8. The minimum atomic E-state index is -3.59. The second-order valence-electron chi connectivity index (χ2n) is 7.74. The lowest BCUT2D eigenvalue weighted by atomic mass is 10.1. The van der Waals surface area contributed by atoms with Crippen molar-refractivity contribution in [2.45, 2.75) is 18.7 Å². The molecule has 3 rings (SSSR count). The van der Waals surface area contributed by atoms with Crippen LogP contribution in [-0.4, -0.2) is 80.2 Å². The van der Waals surface area contributed by atoms with Gasteiger partial charge in [-0.1, -0.05) is 17.7 Å². The third-order valence-corrected chi connectivity index (χ3v) is 7.76. The fourth-order valence-corrected chi connectivity index (χ4v) is 5.26. The van der Waals surface area contributed by atoms with Gasteiger partial charge in [0, 0.05) is 55.5 Å². The summed E-state index contributed by atoms with van der Waals surface area (Å²) in [5.41, 5.74) is 1.08. The predicted molar refractivity (Wildman–Crippen MR) is 129 cm³/mol. The summed E-state index contributed by atoms with van der Waals surface area (Å²) in [6.07, 6.45) is 0. The Morgan fingerprint density at radius 1 is 1.00 bits per heavy atom. The van der Waals surface area contributed by atoms with E-state index in [1.807, 2.05) is 18.7 Å². The van der Waals surface area contributed by atoms with Gasteiger partial charge in [0.1, 0.15) is 0 Å². The van der Waals surface area contributed by atoms with Crippen molar-refractivity contribution in [3.05, 3.63) is 59.1 Å². The maximum Gasteiger partial charge on any atom is 0.253 e. The molecule has 1 aliphatic heterocycles. The molecule has 33 heavy (non-hydrogen) atoms. The largest absolute Gasteiger partial charge is 0.339 e. The van der Waals surface area contributed by atoms with Gasteiger partial charge >= 0.3 is 0 Å². The first-order valence-electron chi connectivity index (χ1n) is 10.9. The highest BCUT2D eigenvalue weighted by atomic mass is 35.5. The van der Waals surface area contributed by atoms with Gasteiger partial charge in [-0.2, -0.15) is 4.31 Å². The number of amides is 2. The fourth-order valence-electron chi connectivity index (χ4n) is 3.71. The zero-order chi connectivity index (χ0) is 24.0. The third-order valence-electron chi connectivity index (χ3n) is 5.59. The van der Waals surface area contributed by atoms with Crippen LogP contribution in [0.15, 0.2) is 53.4 Å². The molecule has 0 radical (unpaired) electrons. The van der Waals surface area contributed by atoms with E-state index in [0.29, 0.717) is 55.5 Å². The number of nitrogens with zero attached hydrogens (tertiary/aromatic N) is 3. The van der Waals surface area contributed by atoms with Crippen molar-refractivity contribution in [2.24, 2.45) is 0 Å². The lowest BCUT2D eigenvalue weighted by Crippen LogP contribution is -2.50. The summed E-state index contributed by atoms with van der Waals surface area (Å²) in [5, 5.41) is 3.32. The first kappa shape index (κ1) is 25.2. The van der Waals surface area contributed by atoms with E-state index in [-0.39, 0.29) is 23.3 Å². The van der Waals surface area contributed by atoms with Crippen LogP contribution < -0.4 is 5.32 Å². The Hall–Kier alpha value is -2.46. The zero-order valence-electron chi connectivity index (χ0n) is 18.8. The molecule has 0 aliphatic carbocycles. The van der Waals surface area contributed by atoms with Crippen molar-refractivity contribution in [2.75, 3.05) is 51.1 Å². The van der Waals surface area contributed by atoms with E-state index in [1.165, 1.54) is 16.4 Å². The van der Waals surface area contributed by atoms with Crippen molar-refractivity contribution in [1.82, 2.24) is 14.1 Å². The molecule has 1 aliphatic rings. The van der Waals surface area contributed by atoms with Crippen LogP contribution in [0.3, 0.4) is 0 Å². The van der Waals surface area contributed by atoms with Crippen molar-refractivity contribution in [3.63, 3.8) is 0 Å². The molecule has 10 heteroatoms. The van der Waals surface area contributed by atoms with Gasteiger partial charge in [-0.25, -0.2) is 8.42 Å². The Morgan fingerprint density at radius 3 is 2.24 bits per heavy atom. The number of hydrogen-bond acceptors (Lipinski definition) is 5. The van der Waals surface area contributed by atoms with Gasteiger partial charge in [-0.05, 0) is 56.3 Å². The number of piperazine rings is 1. The normalized spacial score (nSPS) is 15.2. The van der Waals surface area contributed by atoms with Crippen LogP contribution in [0.4, 0.5) is 5.69 Å². The molecule has 1 fully saturated rings. The van der Waals surface area contributed by atoms with Crippen LogP contribution in [0.5, 0.6) is 0 Å². The highest BCUT2D eigenvalue weighted by molar-refractivity contribution is 7.89. The number of anilines is 1. The first-order valence-corrected chi connectivity index (χ1v) is 12.7. The van der Waals surface area contributed by atoms with Gasteiger partial charge in [0.15, 0.2) is 0 Å². The number of halogens is 1. The number of benzene rings is 2. The monoisotopic (exact) mass is 492 g/mol. The Balaban J connectivity index is 1.54. The number of nitrogens with one attached hydrogen (secondary N) is 1. The summed E-state index contributed by atoms with van der Waals surface area (Å²) >= 11 is 5.85. The Labute approximate surface area is 200 Å². The number of carbonyl (C=O) groups excluding carboxylic acids is 2. The molecular formula is C23H29ClN4O4S. The van der Waals surface area contributed by atoms with E-state index in [2.05, 4.69) is 5.32 Å². The maximum atomic E-state index is 12.8. The van der Waals surface area contributed by atoms with Gasteiger partial charge in [-0.3, -0.25) is 14.5 Å². The zero-order valence-corrected chi connectivity index (χ0v) is 20.4. The van der Waals surface area contributed by atoms with Gasteiger partial charge in [0.05, 0.1) is 11.4 Å². The van der Waals surface area contributed by atoms with Gasteiger partial charge in [0.2, 0.25) is 15.9 Å². The second-order valence-corrected chi connectivity index (χ2v) is 10.1. The molecule has 178 valence electrons. The van der Waals surface area contributed by atoms with Gasteiger partial charge < -0.3 is 10.2 Å². The van der Waals surface area contributed by atoms with Crippen LogP contribution in [0.25, 0.3) is 0 Å². The summed E-state index contributed by atoms with van der Waals surface area (Å²) in [6, 6.07) is 13.0. The second kappa shape index (κ2) is 11.1. The van der Waals surface area contributed by atoms with Crippen molar-refractivity contribution >= 4 is 39.1 Å². The van der Waals surface area contributed by atoms with Crippen LogP contribution in [0.2, 0.25) is 5.02 Å². The van der Waals surface area contributed by atoms with E-state index in [4.69, 9.17) is 11.6 Å². The van der Waals surface area contributed by atoms with E-state index in [1.54, 1.807) is 41.3 Å². The molecule has 2 amide bonds. The van der Waals surface area contributed by atoms with Crippen molar-refractivity contribution < 1.29 is 18.0 Å². The Kier molecular flexibility index (Phi) is 8.47. The summed E-state index contributed by atoms with van der Waals surface area (Å²) < 4.78 is 27.0. The lowest BCUT2D eigenvalue weighted by Gasteiger charge is -2.33. The predicted octanol–water partition coefficient (Wildman–Crippen LogP) is 2.77. The number of carbonyl (C=O) groups is 2. The molecule has 2 aromatic carbocycles. The lowest BCUT2D eigenvalue weighted by molar-refractivity contribution is -0.117. The van der Waals surface area contributed by atoms with Gasteiger partial charge in [0.25, 0.3) is 5.91 Å².